The average Bonchev–Trinajstić information content (AvgIpc) is 2.15. The van der Waals surface area contributed by atoms with Gasteiger partial charge in [-0.1, -0.05) is 0 Å². The van der Waals surface area contributed by atoms with Crippen molar-refractivity contribution in [1.82, 2.24) is 5.32 Å². The second-order valence-corrected chi connectivity index (χ2v) is 5.58. The Kier molecular flexibility index (Phi) is 5.67. The molecular weight excluding hydrogens is 198 g/mol. The first-order valence-corrected chi connectivity index (χ1v) is 7.02. The van der Waals surface area contributed by atoms with Gasteiger partial charge < -0.3 is 10.1 Å². The smallest absolute Gasteiger partial charge is 0.0469 e. The summed E-state index contributed by atoms with van der Waals surface area (Å²) >= 11 is 0. The lowest BCUT2D eigenvalue weighted by atomic mass is 10.0. The number of rotatable bonds is 5. The molecule has 0 amide bonds. The van der Waals surface area contributed by atoms with Crippen molar-refractivity contribution >= 4 is 10.8 Å². The van der Waals surface area contributed by atoms with E-state index in [0.717, 1.165) is 44.3 Å². The first kappa shape index (κ1) is 12.1. The van der Waals surface area contributed by atoms with E-state index in [-0.39, 0.29) is 0 Å². The predicted octanol–water partition coefficient (Wildman–Crippen LogP) is 0.770. The highest BCUT2D eigenvalue weighted by atomic mass is 32.2. The minimum absolute atomic E-state index is 0.365. The molecular formula is C10H21NO2S. The van der Waals surface area contributed by atoms with Gasteiger partial charge in [-0.25, -0.2) is 0 Å². The van der Waals surface area contributed by atoms with E-state index in [1.54, 1.807) is 6.26 Å². The minimum Gasteiger partial charge on any atom is -0.381 e. The molecule has 1 aliphatic rings. The second-order valence-electron chi connectivity index (χ2n) is 4.10. The van der Waals surface area contributed by atoms with Crippen molar-refractivity contribution in [3.05, 3.63) is 0 Å². The van der Waals surface area contributed by atoms with Crippen LogP contribution in [0.25, 0.3) is 0 Å². The maximum absolute atomic E-state index is 11.0. The normalized spacial score (nSPS) is 23.3. The molecule has 84 valence electrons. The lowest BCUT2D eigenvalue weighted by Gasteiger charge is -2.24. The first-order valence-electron chi connectivity index (χ1n) is 5.29. The van der Waals surface area contributed by atoms with Crippen LogP contribution in [0.2, 0.25) is 0 Å². The van der Waals surface area contributed by atoms with Crippen LogP contribution in [0.5, 0.6) is 0 Å². The highest BCUT2D eigenvalue weighted by molar-refractivity contribution is 7.84. The van der Waals surface area contributed by atoms with Crippen molar-refractivity contribution in [2.24, 2.45) is 5.92 Å². The standard InChI is InChI=1S/C10H21NO2S/c1-9(8-14(2)12)11-7-10-3-5-13-6-4-10/h9-11H,3-8H2,1-2H3. The Morgan fingerprint density at radius 2 is 2.14 bits per heavy atom. The van der Waals surface area contributed by atoms with Gasteiger partial charge in [0.05, 0.1) is 0 Å². The van der Waals surface area contributed by atoms with E-state index in [1.165, 1.54) is 0 Å². The summed E-state index contributed by atoms with van der Waals surface area (Å²) in [6.07, 6.45) is 4.08. The van der Waals surface area contributed by atoms with Gasteiger partial charge in [-0.3, -0.25) is 4.21 Å². The van der Waals surface area contributed by atoms with E-state index in [9.17, 15) is 4.21 Å². The maximum Gasteiger partial charge on any atom is 0.0469 e. The Hall–Kier alpha value is 0.0700. The van der Waals surface area contributed by atoms with Gasteiger partial charge in [0.25, 0.3) is 0 Å². The van der Waals surface area contributed by atoms with Gasteiger partial charge >= 0.3 is 0 Å². The molecule has 0 spiro atoms. The monoisotopic (exact) mass is 219 g/mol. The Bertz CT molecular complexity index is 181. The summed E-state index contributed by atoms with van der Waals surface area (Å²) in [4.78, 5) is 0. The fraction of sp³-hybridized carbons (Fsp3) is 1.00. The largest absolute Gasteiger partial charge is 0.381 e. The first-order chi connectivity index (χ1) is 6.68. The Morgan fingerprint density at radius 3 is 2.71 bits per heavy atom. The lowest BCUT2D eigenvalue weighted by molar-refractivity contribution is 0.0658. The predicted molar refractivity (Wildman–Crippen MR) is 59.9 cm³/mol. The van der Waals surface area contributed by atoms with E-state index < -0.39 is 10.8 Å². The molecule has 0 radical (unpaired) electrons. The number of hydrogen-bond acceptors (Lipinski definition) is 3. The Balaban J connectivity index is 2.09. The maximum atomic E-state index is 11.0. The topological polar surface area (TPSA) is 38.3 Å². The van der Waals surface area contributed by atoms with Crippen LogP contribution in [-0.2, 0) is 15.5 Å². The highest BCUT2D eigenvalue weighted by Gasteiger charge is 2.14. The van der Waals surface area contributed by atoms with Crippen LogP contribution in [0.1, 0.15) is 19.8 Å². The minimum atomic E-state index is -0.689. The summed E-state index contributed by atoms with van der Waals surface area (Å²) in [5.74, 6) is 1.50. The third-order valence-corrected chi connectivity index (χ3v) is 3.55. The molecule has 3 nitrogen and oxygen atoms in total. The molecule has 14 heavy (non-hydrogen) atoms. The number of nitrogens with one attached hydrogen (secondary N) is 1. The van der Waals surface area contributed by atoms with Crippen LogP contribution in [0, 0.1) is 5.92 Å². The molecule has 2 atom stereocenters. The summed E-state index contributed by atoms with van der Waals surface area (Å²) < 4.78 is 16.3. The number of ether oxygens (including phenoxy) is 1. The lowest BCUT2D eigenvalue weighted by Crippen LogP contribution is -2.36. The average molecular weight is 219 g/mol. The van der Waals surface area contributed by atoms with E-state index >= 15 is 0 Å². The summed E-state index contributed by atoms with van der Waals surface area (Å²) in [5.41, 5.74) is 0. The van der Waals surface area contributed by atoms with E-state index in [2.05, 4.69) is 12.2 Å². The molecule has 0 aromatic carbocycles. The van der Waals surface area contributed by atoms with E-state index in [4.69, 9.17) is 4.74 Å². The fourth-order valence-electron chi connectivity index (χ4n) is 1.73. The van der Waals surface area contributed by atoms with Gasteiger partial charge in [-0.05, 0) is 32.2 Å². The molecule has 1 rings (SSSR count). The van der Waals surface area contributed by atoms with Gasteiger partial charge in [-0.15, -0.1) is 0 Å². The van der Waals surface area contributed by atoms with Gasteiger partial charge in [0.15, 0.2) is 0 Å². The third kappa shape index (κ3) is 5.08. The molecule has 1 fully saturated rings. The van der Waals surface area contributed by atoms with Crippen molar-refractivity contribution in [2.45, 2.75) is 25.8 Å². The Morgan fingerprint density at radius 1 is 1.50 bits per heavy atom. The van der Waals surface area contributed by atoms with Crippen molar-refractivity contribution in [3.8, 4) is 0 Å². The quantitative estimate of drug-likeness (QED) is 0.742. The van der Waals surface area contributed by atoms with Crippen LogP contribution >= 0.6 is 0 Å². The molecule has 0 aliphatic carbocycles. The molecule has 0 saturated carbocycles. The fourth-order valence-corrected chi connectivity index (χ4v) is 2.55. The SMILES string of the molecule is CC(CS(C)=O)NCC1CCOCC1. The highest BCUT2D eigenvalue weighted by Crippen LogP contribution is 2.13. The van der Waals surface area contributed by atoms with Gasteiger partial charge in [0.1, 0.15) is 0 Å². The zero-order valence-corrected chi connectivity index (χ0v) is 9.94. The van der Waals surface area contributed by atoms with Crippen LogP contribution in [0.4, 0.5) is 0 Å². The van der Waals surface area contributed by atoms with Crippen molar-refractivity contribution in [2.75, 3.05) is 31.8 Å². The molecule has 1 N–H and O–H groups in total. The zero-order chi connectivity index (χ0) is 10.4. The zero-order valence-electron chi connectivity index (χ0n) is 9.12. The molecule has 2 unspecified atom stereocenters. The molecule has 1 saturated heterocycles. The van der Waals surface area contributed by atoms with Gasteiger partial charge in [-0.2, -0.15) is 0 Å². The Labute approximate surface area is 89.1 Å². The molecule has 0 aromatic rings. The summed E-state index contributed by atoms with van der Waals surface area (Å²) in [6.45, 7) is 4.95. The van der Waals surface area contributed by atoms with Crippen molar-refractivity contribution in [3.63, 3.8) is 0 Å². The van der Waals surface area contributed by atoms with Crippen LogP contribution in [0.15, 0.2) is 0 Å². The summed E-state index contributed by atoms with van der Waals surface area (Å²) in [6, 6.07) is 0.365. The molecule has 1 heterocycles. The van der Waals surface area contributed by atoms with Crippen LogP contribution < -0.4 is 5.32 Å². The van der Waals surface area contributed by atoms with E-state index in [0.29, 0.717) is 6.04 Å². The number of hydrogen-bond donors (Lipinski definition) is 1. The third-order valence-electron chi connectivity index (χ3n) is 2.58. The van der Waals surface area contributed by atoms with Crippen molar-refractivity contribution in [1.29, 1.82) is 0 Å². The van der Waals surface area contributed by atoms with E-state index in [1.807, 2.05) is 0 Å². The van der Waals surface area contributed by atoms with Gasteiger partial charge in [0, 0.05) is 42.1 Å². The summed E-state index contributed by atoms with van der Waals surface area (Å²) in [5, 5.41) is 3.44. The van der Waals surface area contributed by atoms with Crippen LogP contribution in [0.3, 0.4) is 0 Å². The molecule has 0 bridgehead atoms. The molecule has 1 aliphatic heterocycles. The van der Waals surface area contributed by atoms with Gasteiger partial charge in [0.2, 0.25) is 0 Å². The second kappa shape index (κ2) is 6.53. The molecule has 4 heteroatoms. The molecule has 0 aromatic heterocycles. The summed E-state index contributed by atoms with van der Waals surface area (Å²) in [7, 11) is -0.689. The van der Waals surface area contributed by atoms with Crippen LogP contribution in [-0.4, -0.2) is 42.0 Å². The van der Waals surface area contributed by atoms with Crippen molar-refractivity contribution < 1.29 is 8.95 Å².